The predicted molar refractivity (Wildman–Crippen MR) is 61.5 cm³/mol. The highest BCUT2D eigenvalue weighted by molar-refractivity contribution is 7.99. The molecule has 0 aliphatic carbocycles. The lowest BCUT2D eigenvalue weighted by molar-refractivity contribution is -0.149. The number of hydrogen-bond donors (Lipinski definition) is 1. The highest BCUT2D eigenvalue weighted by Gasteiger charge is 2.29. The molecule has 0 fully saturated rings. The lowest BCUT2D eigenvalue weighted by atomic mass is 10.0. The Hall–Kier alpha value is -0.220. The maximum atomic E-state index is 11.4. The van der Waals surface area contributed by atoms with Gasteiger partial charge in [-0.2, -0.15) is 11.8 Å². The molecule has 1 unspecified atom stereocenters. The molecule has 0 rings (SSSR count). The average Bonchev–Trinajstić information content (AvgIpc) is 2.13. The van der Waals surface area contributed by atoms with Gasteiger partial charge in [-0.25, -0.2) is 0 Å². The summed E-state index contributed by atoms with van der Waals surface area (Å²) in [6, 6.07) is 0. The van der Waals surface area contributed by atoms with Gasteiger partial charge >= 0.3 is 5.97 Å². The second kappa shape index (κ2) is 7.12. The number of esters is 1. The SMILES string of the molecule is CCCSCCC(C)(N)C(=O)OCC. The number of thioether (sulfide) groups is 1. The van der Waals surface area contributed by atoms with Gasteiger partial charge in [-0.05, 0) is 38.2 Å². The van der Waals surface area contributed by atoms with Crippen molar-refractivity contribution in [2.45, 2.75) is 39.2 Å². The summed E-state index contributed by atoms with van der Waals surface area (Å²) in [6.07, 6.45) is 1.84. The number of carbonyl (C=O) groups is 1. The maximum absolute atomic E-state index is 11.4. The van der Waals surface area contributed by atoms with Crippen LogP contribution in [0.1, 0.15) is 33.6 Å². The van der Waals surface area contributed by atoms with Crippen LogP contribution in [-0.2, 0) is 9.53 Å². The van der Waals surface area contributed by atoms with Crippen LogP contribution < -0.4 is 5.73 Å². The van der Waals surface area contributed by atoms with E-state index < -0.39 is 5.54 Å². The number of ether oxygens (including phenoxy) is 1. The predicted octanol–water partition coefficient (Wildman–Crippen LogP) is 1.80. The zero-order chi connectivity index (χ0) is 11.0. The van der Waals surface area contributed by atoms with Crippen molar-refractivity contribution in [2.24, 2.45) is 5.73 Å². The van der Waals surface area contributed by atoms with Crippen molar-refractivity contribution in [1.82, 2.24) is 0 Å². The summed E-state index contributed by atoms with van der Waals surface area (Å²) >= 11 is 1.83. The molecule has 0 aromatic heterocycles. The van der Waals surface area contributed by atoms with Crippen LogP contribution in [0.5, 0.6) is 0 Å². The number of rotatable bonds is 7. The molecule has 0 saturated carbocycles. The Morgan fingerprint density at radius 2 is 2.07 bits per heavy atom. The van der Waals surface area contributed by atoms with Crippen molar-refractivity contribution in [1.29, 1.82) is 0 Å². The Morgan fingerprint density at radius 1 is 1.43 bits per heavy atom. The summed E-state index contributed by atoms with van der Waals surface area (Å²) in [6.45, 7) is 6.06. The van der Waals surface area contributed by atoms with Crippen molar-refractivity contribution >= 4 is 17.7 Å². The summed E-state index contributed by atoms with van der Waals surface area (Å²) < 4.78 is 4.89. The molecular formula is C10H21NO2S. The molecule has 0 heterocycles. The molecule has 14 heavy (non-hydrogen) atoms. The van der Waals surface area contributed by atoms with Crippen LogP contribution >= 0.6 is 11.8 Å². The molecule has 0 aromatic rings. The van der Waals surface area contributed by atoms with Crippen molar-refractivity contribution in [3.63, 3.8) is 0 Å². The van der Waals surface area contributed by atoms with Crippen molar-refractivity contribution in [3.05, 3.63) is 0 Å². The van der Waals surface area contributed by atoms with E-state index in [1.165, 1.54) is 0 Å². The Kier molecular flexibility index (Phi) is 7.01. The zero-order valence-corrected chi connectivity index (χ0v) is 10.2. The van der Waals surface area contributed by atoms with E-state index in [0.717, 1.165) is 17.9 Å². The molecule has 3 nitrogen and oxygen atoms in total. The van der Waals surface area contributed by atoms with E-state index in [-0.39, 0.29) is 5.97 Å². The third-order valence-corrected chi connectivity index (χ3v) is 3.05. The van der Waals surface area contributed by atoms with Gasteiger partial charge in [0.15, 0.2) is 0 Å². The van der Waals surface area contributed by atoms with Crippen LogP contribution in [0.3, 0.4) is 0 Å². The van der Waals surface area contributed by atoms with Gasteiger partial charge in [-0.15, -0.1) is 0 Å². The van der Waals surface area contributed by atoms with Crippen LogP contribution in [0.25, 0.3) is 0 Å². The Morgan fingerprint density at radius 3 is 2.57 bits per heavy atom. The van der Waals surface area contributed by atoms with E-state index in [0.29, 0.717) is 13.0 Å². The zero-order valence-electron chi connectivity index (χ0n) is 9.34. The first-order chi connectivity index (χ1) is 6.54. The lowest BCUT2D eigenvalue weighted by Gasteiger charge is -2.21. The molecule has 4 heteroatoms. The fourth-order valence-corrected chi connectivity index (χ4v) is 1.99. The third kappa shape index (κ3) is 5.50. The highest BCUT2D eigenvalue weighted by atomic mass is 32.2. The molecule has 0 saturated heterocycles. The van der Waals surface area contributed by atoms with Gasteiger partial charge in [0.2, 0.25) is 0 Å². The molecule has 0 amide bonds. The van der Waals surface area contributed by atoms with E-state index in [9.17, 15) is 4.79 Å². The molecule has 2 N–H and O–H groups in total. The van der Waals surface area contributed by atoms with E-state index in [1.807, 2.05) is 11.8 Å². The van der Waals surface area contributed by atoms with Gasteiger partial charge in [0.1, 0.15) is 5.54 Å². The fourth-order valence-electron chi connectivity index (χ4n) is 0.929. The summed E-state index contributed by atoms with van der Waals surface area (Å²) in [5, 5.41) is 0. The first-order valence-electron chi connectivity index (χ1n) is 5.08. The summed E-state index contributed by atoms with van der Waals surface area (Å²) in [5.41, 5.74) is 5.02. The van der Waals surface area contributed by atoms with Gasteiger partial charge in [-0.1, -0.05) is 6.92 Å². The van der Waals surface area contributed by atoms with Crippen LogP contribution in [0, 0.1) is 0 Å². The van der Waals surface area contributed by atoms with E-state index in [2.05, 4.69) is 6.92 Å². The van der Waals surface area contributed by atoms with E-state index >= 15 is 0 Å². The topological polar surface area (TPSA) is 52.3 Å². The third-order valence-electron chi connectivity index (χ3n) is 1.86. The molecule has 0 aliphatic heterocycles. The monoisotopic (exact) mass is 219 g/mol. The van der Waals surface area contributed by atoms with Crippen LogP contribution in [0.15, 0.2) is 0 Å². The smallest absolute Gasteiger partial charge is 0.325 e. The molecule has 84 valence electrons. The highest BCUT2D eigenvalue weighted by Crippen LogP contribution is 2.13. The number of carbonyl (C=O) groups excluding carboxylic acids is 1. The molecular weight excluding hydrogens is 198 g/mol. The maximum Gasteiger partial charge on any atom is 0.325 e. The Bertz CT molecular complexity index is 172. The minimum Gasteiger partial charge on any atom is -0.465 e. The summed E-state index contributed by atoms with van der Waals surface area (Å²) in [7, 11) is 0. The minimum atomic E-state index is -0.823. The summed E-state index contributed by atoms with van der Waals surface area (Å²) in [5.74, 6) is 1.75. The number of nitrogens with two attached hydrogens (primary N) is 1. The second-order valence-electron chi connectivity index (χ2n) is 3.50. The van der Waals surface area contributed by atoms with Crippen molar-refractivity contribution in [3.8, 4) is 0 Å². The molecule has 0 radical (unpaired) electrons. The molecule has 0 aliphatic rings. The average molecular weight is 219 g/mol. The van der Waals surface area contributed by atoms with Crippen LogP contribution in [-0.4, -0.2) is 29.6 Å². The normalized spacial score (nSPS) is 14.9. The quantitative estimate of drug-likeness (QED) is 0.524. The molecule has 0 spiro atoms. The first-order valence-corrected chi connectivity index (χ1v) is 6.24. The Balaban J connectivity index is 3.76. The van der Waals surface area contributed by atoms with E-state index in [1.54, 1.807) is 13.8 Å². The minimum absolute atomic E-state index is 0.294. The van der Waals surface area contributed by atoms with Gasteiger partial charge in [0, 0.05) is 0 Å². The van der Waals surface area contributed by atoms with Crippen molar-refractivity contribution < 1.29 is 9.53 Å². The second-order valence-corrected chi connectivity index (χ2v) is 4.73. The van der Waals surface area contributed by atoms with Crippen LogP contribution in [0.2, 0.25) is 0 Å². The molecule has 0 aromatic carbocycles. The molecule has 1 atom stereocenters. The Labute approximate surface area is 90.8 Å². The largest absolute Gasteiger partial charge is 0.465 e. The lowest BCUT2D eigenvalue weighted by Crippen LogP contribution is -2.46. The standard InChI is InChI=1S/C10H21NO2S/c1-4-7-14-8-6-10(3,11)9(12)13-5-2/h4-8,11H2,1-3H3. The first kappa shape index (κ1) is 13.8. The molecule has 0 bridgehead atoms. The summed E-state index contributed by atoms with van der Waals surface area (Å²) in [4.78, 5) is 11.4. The van der Waals surface area contributed by atoms with Gasteiger partial charge in [0.25, 0.3) is 0 Å². The van der Waals surface area contributed by atoms with Gasteiger partial charge < -0.3 is 10.5 Å². The van der Waals surface area contributed by atoms with Gasteiger partial charge in [0.05, 0.1) is 6.61 Å². The van der Waals surface area contributed by atoms with E-state index in [4.69, 9.17) is 10.5 Å². The fraction of sp³-hybridized carbons (Fsp3) is 0.900. The van der Waals surface area contributed by atoms with Crippen molar-refractivity contribution in [2.75, 3.05) is 18.1 Å². The number of hydrogen-bond acceptors (Lipinski definition) is 4. The van der Waals surface area contributed by atoms with Crippen LogP contribution in [0.4, 0.5) is 0 Å². The van der Waals surface area contributed by atoms with Gasteiger partial charge in [-0.3, -0.25) is 4.79 Å².